The van der Waals surface area contributed by atoms with Crippen LogP contribution in [0.1, 0.15) is 10.4 Å². The standard InChI is InChI=1S/C22H26O12/c23-7-12-14(26)15(27)16(28)21(31-12)33-20-13-11(5-6-30-20)17(18-22(13,8-24)34-18)32-19(29)9-1-3-10(25)4-2-9/h1-6,11-18,20-21,23-28H,7-8H2/t11-,12+,13+,14+,15-,16+,17+,18+,20+,21-,22+/m0/s1. The van der Waals surface area contributed by atoms with Crippen LogP contribution in [0.2, 0.25) is 0 Å². The third-order valence-corrected chi connectivity index (χ3v) is 6.94. The molecule has 12 nitrogen and oxygen atoms in total. The minimum absolute atomic E-state index is 0.00264. The molecular weight excluding hydrogens is 456 g/mol. The summed E-state index contributed by atoms with van der Waals surface area (Å²) in [6.45, 7) is -1.04. The lowest BCUT2D eigenvalue weighted by Crippen LogP contribution is -2.60. The van der Waals surface area contributed by atoms with Crippen molar-refractivity contribution < 1.29 is 59.1 Å². The predicted octanol–water partition coefficient (Wildman–Crippen LogP) is -2.02. The molecule has 4 aliphatic rings. The topological polar surface area (TPSA) is 188 Å². The summed E-state index contributed by atoms with van der Waals surface area (Å²) in [4.78, 5) is 12.7. The highest BCUT2D eigenvalue weighted by molar-refractivity contribution is 5.89. The van der Waals surface area contributed by atoms with Gasteiger partial charge in [0.05, 0.1) is 31.0 Å². The lowest BCUT2D eigenvalue weighted by molar-refractivity contribution is -0.344. The number of rotatable bonds is 6. The lowest BCUT2D eigenvalue weighted by atomic mass is 9.85. The van der Waals surface area contributed by atoms with Crippen LogP contribution in [0.15, 0.2) is 36.6 Å². The molecule has 1 aliphatic carbocycles. The van der Waals surface area contributed by atoms with E-state index in [1.165, 1.54) is 30.5 Å². The summed E-state index contributed by atoms with van der Waals surface area (Å²) < 4.78 is 28.3. The van der Waals surface area contributed by atoms with Crippen LogP contribution in [-0.4, -0.2) is 105 Å². The summed E-state index contributed by atoms with van der Waals surface area (Å²) in [5.74, 6) is -1.78. The number of phenols is 1. The summed E-state index contributed by atoms with van der Waals surface area (Å²) in [6, 6.07) is 5.56. The summed E-state index contributed by atoms with van der Waals surface area (Å²) in [6.07, 6.45) is -6.99. The van der Waals surface area contributed by atoms with Crippen molar-refractivity contribution in [3.63, 3.8) is 0 Å². The Balaban J connectivity index is 1.34. The first kappa shape index (κ1) is 23.5. The normalized spacial score (nSPS) is 44.6. The van der Waals surface area contributed by atoms with E-state index in [1.54, 1.807) is 6.08 Å². The van der Waals surface area contributed by atoms with E-state index in [4.69, 9.17) is 23.7 Å². The predicted molar refractivity (Wildman–Crippen MR) is 108 cm³/mol. The van der Waals surface area contributed by atoms with E-state index in [0.717, 1.165) is 0 Å². The number of aliphatic hydroxyl groups is 5. The second-order valence-corrected chi connectivity index (χ2v) is 8.84. The molecule has 2 saturated heterocycles. The zero-order valence-corrected chi connectivity index (χ0v) is 17.8. The van der Waals surface area contributed by atoms with Crippen molar-refractivity contribution in [1.82, 2.24) is 0 Å². The highest BCUT2D eigenvalue weighted by Crippen LogP contribution is 2.60. The molecule has 34 heavy (non-hydrogen) atoms. The lowest BCUT2D eigenvalue weighted by Gasteiger charge is -2.43. The number of aromatic hydroxyl groups is 1. The van der Waals surface area contributed by atoms with E-state index in [-0.39, 0.29) is 11.3 Å². The summed E-state index contributed by atoms with van der Waals surface area (Å²) in [5.41, 5.74) is -0.907. The van der Waals surface area contributed by atoms with Crippen LogP contribution in [0.5, 0.6) is 5.75 Å². The van der Waals surface area contributed by atoms with Crippen molar-refractivity contribution in [3.05, 3.63) is 42.2 Å². The number of aliphatic hydroxyl groups excluding tert-OH is 5. The molecule has 1 aromatic rings. The van der Waals surface area contributed by atoms with E-state index < -0.39 is 85.8 Å². The quantitative estimate of drug-likeness (QED) is 0.193. The Hall–Kier alpha value is -2.29. The zero-order valence-electron chi connectivity index (χ0n) is 17.8. The average molecular weight is 482 g/mol. The number of carbonyl (C=O) groups excluding carboxylic acids is 1. The number of esters is 1. The summed E-state index contributed by atoms with van der Waals surface area (Å²) >= 11 is 0. The van der Waals surface area contributed by atoms with Crippen LogP contribution in [0.4, 0.5) is 0 Å². The van der Waals surface area contributed by atoms with Gasteiger partial charge in [-0.15, -0.1) is 0 Å². The van der Waals surface area contributed by atoms with Crippen LogP contribution in [0, 0.1) is 11.8 Å². The molecule has 3 heterocycles. The Kier molecular flexibility index (Phi) is 6.02. The van der Waals surface area contributed by atoms with Crippen molar-refractivity contribution in [2.45, 2.75) is 54.8 Å². The van der Waals surface area contributed by atoms with E-state index in [9.17, 15) is 35.4 Å². The number of ether oxygens (including phenoxy) is 5. The van der Waals surface area contributed by atoms with Crippen molar-refractivity contribution >= 4 is 5.97 Å². The maximum atomic E-state index is 12.7. The van der Waals surface area contributed by atoms with Crippen LogP contribution in [0.3, 0.4) is 0 Å². The number of hydrogen-bond donors (Lipinski definition) is 6. The molecule has 186 valence electrons. The first-order chi connectivity index (χ1) is 16.3. The largest absolute Gasteiger partial charge is 0.508 e. The molecule has 6 N–H and O–H groups in total. The Morgan fingerprint density at radius 1 is 1.03 bits per heavy atom. The monoisotopic (exact) mass is 482 g/mol. The van der Waals surface area contributed by atoms with Gasteiger partial charge in [-0.2, -0.15) is 0 Å². The van der Waals surface area contributed by atoms with Crippen LogP contribution >= 0.6 is 0 Å². The summed E-state index contributed by atoms with van der Waals surface area (Å²) in [7, 11) is 0. The second-order valence-electron chi connectivity index (χ2n) is 8.84. The third kappa shape index (κ3) is 3.67. The summed E-state index contributed by atoms with van der Waals surface area (Å²) in [5, 5.41) is 59.3. The molecule has 3 aliphatic heterocycles. The van der Waals surface area contributed by atoms with E-state index >= 15 is 0 Å². The SMILES string of the molecule is O=C(O[C@@H]1[C@H]2C=CO[C@H](O[C@@H]3O[C@H](CO)[C@@H](O)[C@H](O)[C@H]3O)[C@@H]2[C@@]2(CO)O[C@H]12)c1ccc(O)cc1. The van der Waals surface area contributed by atoms with Crippen molar-refractivity contribution in [2.75, 3.05) is 13.2 Å². The number of benzene rings is 1. The minimum atomic E-state index is -1.64. The highest BCUT2D eigenvalue weighted by atomic mass is 16.8. The van der Waals surface area contributed by atoms with Gasteiger partial charge < -0.3 is 54.3 Å². The average Bonchev–Trinajstić information content (AvgIpc) is 3.52. The molecule has 0 bridgehead atoms. The second kappa shape index (κ2) is 8.73. The van der Waals surface area contributed by atoms with Gasteiger partial charge in [-0.05, 0) is 30.3 Å². The van der Waals surface area contributed by atoms with Gasteiger partial charge in [0.15, 0.2) is 6.29 Å². The molecular formula is C22H26O12. The highest BCUT2D eigenvalue weighted by Gasteiger charge is 2.77. The molecule has 1 aromatic carbocycles. The Bertz CT molecular complexity index is 934. The Labute approximate surface area is 193 Å². The van der Waals surface area contributed by atoms with Gasteiger partial charge in [-0.25, -0.2) is 4.79 Å². The third-order valence-electron chi connectivity index (χ3n) is 6.94. The van der Waals surface area contributed by atoms with Crippen molar-refractivity contribution in [3.8, 4) is 5.75 Å². The molecule has 0 amide bonds. The molecule has 1 saturated carbocycles. The molecule has 0 radical (unpaired) electrons. The first-order valence-electron chi connectivity index (χ1n) is 10.9. The molecule has 0 unspecified atom stereocenters. The molecule has 11 atom stereocenters. The van der Waals surface area contributed by atoms with Gasteiger partial charge in [-0.1, -0.05) is 0 Å². The fourth-order valence-electron chi connectivity index (χ4n) is 5.08. The smallest absolute Gasteiger partial charge is 0.338 e. The minimum Gasteiger partial charge on any atom is -0.508 e. The maximum absolute atomic E-state index is 12.7. The van der Waals surface area contributed by atoms with Crippen molar-refractivity contribution in [2.24, 2.45) is 11.8 Å². The van der Waals surface area contributed by atoms with Crippen molar-refractivity contribution in [1.29, 1.82) is 0 Å². The fraction of sp³-hybridized carbons (Fsp3) is 0.591. The number of hydrogen-bond acceptors (Lipinski definition) is 12. The molecule has 0 spiro atoms. The Morgan fingerprint density at radius 2 is 1.76 bits per heavy atom. The number of epoxide rings is 1. The molecule has 12 heteroatoms. The zero-order chi connectivity index (χ0) is 24.2. The molecule has 0 aromatic heterocycles. The Morgan fingerprint density at radius 3 is 2.44 bits per heavy atom. The van der Waals surface area contributed by atoms with Crippen LogP contribution in [0.25, 0.3) is 0 Å². The maximum Gasteiger partial charge on any atom is 0.338 e. The fourth-order valence-corrected chi connectivity index (χ4v) is 5.08. The van der Waals surface area contributed by atoms with E-state index in [0.29, 0.717) is 0 Å². The van der Waals surface area contributed by atoms with Gasteiger partial charge in [0.25, 0.3) is 0 Å². The number of carbonyl (C=O) groups is 1. The first-order valence-corrected chi connectivity index (χ1v) is 10.9. The van der Waals surface area contributed by atoms with Gasteiger partial charge in [-0.3, -0.25) is 0 Å². The van der Waals surface area contributed by atoms with Crippen LogP contribution < -0.4 is 0 Å². The molecule has 5 rings (SSSR count). The molecule has 3 fully saturated rings. The van der Waals surface area contributed by atoms with E-state index in [1.807, 2.05) is 0 Å². The van der Waals surface area contributed by atoms with Gasteiger partial charge in [0.2, 0.25) is 6.29 Å². The van der Waals surface area contributed by atoms with E-state index in [2.05, 4.69) is 0 Å². The number of phenolic OH excluding ortho intramolecular Hbond substituents is 1. The van der Waals surface area contributed by atoms with Gasteiger partial charge in [0.1, 0.15) is 48.0 Å². The van der Waals surface area contributed by atoms with Gasteiger partial charge >= 0.3 is 5.97 Å². The van der Waals surface area contributed by atoms with Crippen LogP contribution in [-0.2, 0) is 23.7 Å². The van der Waals surface area contributed by atoms with Gasteiger partial charge in [0, 0.05) is 5.92 Å². The number of fused-ring (bicyclic) bond motifs is 3.